The third-order valence-electron chi connectivity index (χ3n) is 6.78. The third-order valence-corrected chi connectivity index (χ3v) is 7.96. The standard InChI is InChI=1S/C30H28FN3O8S/c1-17(35)33-13-14-34(43(2,38)39)25-16-26-24(15-23(25)18-3-4-18)27(29(36)42-30(32)37)28(41-26)19-5-9-21(10-6-19)40-22-11-7-20(31)8-12-22/h5-12,15-16,18H,3-4,13-14H2,1-2H3,(H2,32,37)(H,33,35). The fourth-order valence-electron chi connectivity index (χ4n) is 4.75. The second-order valence-corrected chi connectivity index (χ2v) is 12.0. The van der Waals surface area contributed by atoms with Gasteiger partial charge in [0.2, 0.25) is 15.9 Å². The Kier molecular flexibility index (Phi) is 8.09. The minimum atomic E-state index is -3.78. The summed E-state index contributed by atoms with van der Waals surface area (Å²) in [6.07, 6.45) is 1.39. The number of rotatable bonds is 10. The van der Waals surface area contributed by atoms with E-state index in [1.807, 2.05) is 0 Å². The molecular formula is C30H28FN3O8S. The van der Waals surface area contributed by atoms with Gasteiger partial charge in [-0.3, -0.25) is 9.10 Å². The Bertz CT molecular complexity index is 1810. The van der Waals surface area contributed by atoms with Crippen molar-refractivity contribution in [1.29, 1.82) is 0 Å². The molecule has 0 atom stereocenters. The zero-order valence-electron chi connectivity index (χ0n) is 23.3. The van der Waals surface area contributed by atoms with Crippen LogP contribution in [-0.4, -0.2) is 45.7 Å². The first kappa shape index (κ1) is 29.6. The molecule has 0 bridgehead atoms. The smallest absolute Gasteiger partial charge is 0.412 e. The summed E-state index contributed by atoms with van der Waals surface area (Å²) < 4.78 is 56.8. The summed E-state index contributed by atoms with van der Waals surface area (Å²) >= 11 is 0. The van der Waals surface area contributed by atoms with E-state index in [-0.39, 0.29) is 41.8 Å². The number of esters is 1. The number of nitrogens with two attached hydrogens (primary N) is 1. The Hall–Kier alpha value is -4.91. The van der Waals surface area contributed by atoms with Crippen LogP contribution >= 0.6 is 0 Å². The number of ether oxygens (including phenoxy) is 2. The molecule has 43 heavy (non-hydrogen) atoms. The number of hydrogen-bond acceptors (Lipinski definition) is 8. The molecule has 13 heteroatoms. The van der Waals surface area contributed by atoms with Gasteiger partial charge >= 0.3 is 12.1 Å². The van der Waals surface area contributed by atoms with E-state index in [4.69, 9.17) is 19.6 Å². The van der Waals surface area contributed by atoms with Crippen molar-refractivity contribution in [3.05, 3.63) is 77.6 Å². The van der Waals surface area contributed by atoms with E-state index in [2.05, 4.69) is 5.32 Å². The van der Waals surface area contributed by atoms with Crippen LogP contribution in [-0.2, 0) is 19.6 Å². The summed E-state index contributed by atoms with van der Waals surface area (Å²) in [5.41, 5.74) is 6.72. The Morgan fingerprint density at radius 2 is 1.67 bits per heavy atom. The van der Waals surface area contributed by atoms with Crippen molar-refractivity contribution in [2.75, 3.05) is 23.7 Å². The molecule has 0 radical (unpaired) electrons. The largest absolute Gasteiger partial charge is 0.457 e. The highest BCUT2D eigenvalue weighted by atomic mass is 32.2. The maximum Gasteiger partial charge on any atom is 0.412 e. The minimum Gasteiger partial charge on any atom is -0.457 e. The van der Waals surface area contributed by atoms with Gasteiger partial charge in [0.1, 0.15) is 34.2 Å². The molecule has 4 aromatic rings. The predicted molar refractivity (Wildman–Crippen MR) is 156 cm³/mol. The number of benzene rings is 3. The van der Waals surface area contributed by atoms with Crippen LogP contribution in [0.2, 0.25) is 0 Å². The molecular weight excluding hydrogens is 581 g/mol. The first-order valence-corrected chi connectivity index (χ1v) is 15.1. The molecule has 1 saturated carbocycles. The summed E-state index contributed by atoms with van der Waals surface area (Å²) in [4.78, 5) is 36.1. The average Bonchev–Trinajstić information content (AvgIpc) is 3.71. The quantitative estimate of drug-likeness (QED) is 0.187. The van der Waals surface area contributed by atoms with E-state index in [0.29, 0.717) is 33.7 Å². The van der Waals surface area contributed by atoms with Gasteiger partial charge in [0.25, 0.3) is 0 Å². The Morgan fingerprint density at radius 1 is 1.05 bits per heavy atom. The van der Waals surface area contributed by atoms with Gasteiger partial charge in [0.05, 0.1) is 18.5 Å². The number of carbonyl (C=O) groups is 3. The van der Waals surface area contributed by atoms with Gasteiger partial charge in [-0.1, -0.05) is 0 Å². The van der Waals surface area contributed by atoms with Crippen molar-refractivity contribution in [3.63, 3.8) is 0 Å². The van der Waals surface area contributed by atoms with Crippen molar-refractivity contribution < 1.29 is 41.1 Å². The molecule has 3 aromatic carbocycles. The molecule has 1 heterocycles. The summed E-state index contributed by atoms with van der Waals surface area (Å²) in [7, 11) is -3.78. The predicted octanol–water partition coefficient (Wildman–Crippen LogP) is 5.05. The zero-order valence-corrected chi connectivity index (χ0v) is 24.1. The van der Waals surface area contributed by atoms with E-state index in [1.165, 1.54) is 41.6 Å². The lowest BCUT2D eigenvalue weighted by atomic mass is 10.0. The SMILES string of the molecule is CC(=O)NCCN(c1cc2oc(-c3ccc(Oc4ccc(F)cc4)cc3)c(C(=O)OC(N)=O)c2cc1C1CC1)S(C)(=O)=O. The Labute approximate surface area is 246 Å². The summed E-state index contributed by atoms with van der Waals surface area (Å²) in [5, 5.41) is 2.92. The van der Waals surface area contributed by atoms with Crippen LogP contribution < -0.4 is 20.1 Å². The van der Waals surface area contributed by atoms with Gasteiger partial charge in [-0.25, -0.2) is 22.4 Å². The monoisotopic (exact) mass is 609 g/mol. The third kappa shape index (κ3) is 6.78. The van der Waals surface area contributed by atoms with Gasteiger partial charge in [-0.2, -0.15) is 0 Å². The molecule has 1 aliphatic rings. The van der Waals surface area contributed by atoms with Crippen LogP contribution in [0.5, 0.6) is 11.5 Å². The number of fused-ring (bicyclic) bond motifs is 1. The second-order valence-electron chi connectivity index (χ2n) is 10.1. The molecule has 1 fully saturated rings. The molecule has 2 amide bonds. The normalized spacial score (nSPS) is 13.0. The summed E-state index contributed by atoms with van der Waals surface area (Å²) in [6, 6.07) is 15.2. The minimum absolute atomic E-state index is 0.0245. The van der Waals surface area contributed by atoms with Gasteiger partial charge in [-0.05, 0) is 78.9 Å². The van der Waals surface area contributed by atoms with E-state index in [1.54, 1.807) is 30.3 Å². The topological polar surface area (TPSA) is 158 Å². The highest BCUT2D eigenvalue weighted by Crippen LogP contribution is 2.48. The van der Waals surface area contributed by atoms with Gasteiger partial charge < -0.3 is 24.9 Å². The zero-order chi connectivity index (χ0) is 30.9. The molecule has 3 N–H and O–H groups in total. The Morgan fingerprint density at radius 3 is 2.23 bits per heavy atom. The number of anilines is 1. The molecule has 1 aromatic heterocycles. The van der Waals surface area contributed by atoms with Crippen molar-refractivity contribution in [2.24, 2.45) is 5.73 Å². The van der Waals surface area contributed by atoms with Crippen LogP contribution in [0.3, 0.4) is 0 Å². The van der Waals surface area contributed by atoms with E-state index >= 15 is 0 Å². The lowest BCUT2D eigenvalue weighted by Crippen LogP contribution is -2.38. The number of amides is 2. The molecule has 1 aliphatic carbocycles. The first-order valence-electron chi connectivity index (χ1n) is 13.3. The van der Waals surface area contributed by atoms with Gasteiger partial charge in [0.15, 0.2) is 0 Å². The molecule has 0 saturated heterocycles. The molecule has 11 nitrogen and oxygen atoms in total. The van der Waals surface area contributed by atoms with Crippen LogP contribution in [0, 0.1) is 5.82 Å². The van der Waals surface area contributed by atoms with E-state index in [9.17, 15) is 27.2 Å². The number of primary amides is 1. The number of carbonyl (C=O) groups excluding carboxylic acids is 3. The van der Waals surface area contributed by atoms with Crippen molar-refractivity contribution in [1.82, 2.24) is 5.32 Å². The van der Waals surface area contributed by atoms with E-state index < -0.39 is 27.9 Å². The van der Waals surface area contributed by atoms with Gasteiger partial charge in [-0.15, -0.1) is 0 Å². The maximum atomic E-state index is 13.2. The van der Waals surface area contributed by atoms with Crippen molar-refractivity contribution >= 4 is 44.6 Å². The highest BCUT2D eigenvalue weighted by molar-refractivity contribution is 7.92. The second kappa shape index (κ2) is 11.8. The van der Waals surface area contributed by atoms with Crippen molar-refractivity contribution in [3.8, 4) is 22.8 Å². The summed E-state index contributed by atoms with van der Waals surface area (Å²) in [6.45, 7) is 1.39. The number of furan rings is 1. The maximum absolute atomic E-state index is 13.2. The Balaban J connectivity index is 1.60. The number of nitrogens with one attached hydrogen (secondary N) is 1. The molecule has 224 valence electrons. The van der Waals surface area contributed by atoms with Crippen LogP contribution in [0.4, 0.5) is 14.9 Å². The number of halogens is 1. The molecule has 0 spiro atoms. The number of nitrogens with zero attached hydrogens (tertiary/aromatic N) is 1. The number of hydrogen-bond donors (Lipinski definition) is 2. The van der Waals surface area contributed by atoms with Crippen LogP contribution in [0.1, 0.15) is 41.6 Å². The van der Waals surface area contributed by atoms with Crippen molar-refractivity contribution in [2.45, 2.75) is 25.7 Å². The van der Waals surface area contributed by atoms with E-state index in [0.717, 1.165) is 19.1 Å². The average molecular weight is 610 g/mol. The fourth-order valence-corrected chi connectivity index (χ4v) is 5.68. The highest BCUT2D eigenvalue weighted by Gasteiger charge is 2.33. The molecule has 5 rings (SSSR count). The van der Waals surface area contributed by atoms with Crippen LogP contribution in [0.15, 0.2) is 65.1 Å². The molecule has 0 unspecified atom stereocenters. The lowest BCUT2D eigenvalue weighted by molar-refractivity contribution is -0.118. The van der Waals surface area contributed by atoms with Crippen LogP contribution in [0.25, 0.3) is 22.3 Å². The van der Waals surface area contributed by atoms with Gasteiger partial charge in [0, 0.05) is 30.5 Å². The molecule has 0 aliphatic heterocycles. The number of sulfonamides is 1. The lowest BCUT2D eigenvalue weighted by Gasteiger charge is -2.25. The summed E-state index contributed by atoms with van der Waals surface area (Å²) in [5.74, 6) is -0.792. The first-order chi connectivity index (χ1) is 20.4. The fraction of sp³-hybridized carbons (Fsp3) is 0.233.